The van der Waals surface area contributed by atoms with E-state index in [-0.39, 0.29) is 0 Å². The Balaban J connectivity index is 2.90. The van der Waals surface area contributed by atoms with Crippen molar-refractivity contribution >= 4 is 29.3 Å². The summed E-state index contributed by atoms with van der Waals surface area (Å²) >= 11 is 5.06. The van der Waals surface area contributed by atoms with Gasteiger partial charge in [0.05, 0.1) is 5.57 Å². The Morgan fingerprint density at radius 3 is 2.62 bits per heavy atom. The molecule has 16 heavy (non-hydrogen) atoms. The van der Waals surface area contributed by atoms with Gasteiger partial charge >= 0.3 is 5.97 Å². The van der Waals surface area contributed by atoms with Crippen LogP contribution in [0.4, 0.5) is 0 Å². The third-order valence-corrected chi connectivity index (χ3v) is 2.28. The van der Waals surface area contributed by atoms with E-state index in [0.717, 1.165) is 0 Å². The van der Waals surface area contributed by atoms with E-state index >= 15 is 0 Å². The lowest BCUT2D eigenvalue weighted by Gasteiger charge is -2.21. The number of carbonyl (C=O) groups excluding carboxylic acids is 2. The first kappa shape index (κ1) is 12.8. The van der Waals surface area contributed by atoms with Gasteiger partial charge in [-0.3, -0.25) is 4.79 Å². The molecule has 0 radical (unpaired) electrons. The number of thiocarbonyl (C=S) groups is 1. The summed E-state index contributed by atoms with van der Waals surface area (Å²) in [6.07, 6.45) is 4.32. The van der Waals surface area contributed by atoms with Gasteiger partial charge in [0.25, 0.3) is 0 Å². The molecular weight excluding hydrogens is 224 g/mol. The second-order valence-corrected chi connectivity index (χ2v) is 5.00. The number of allylic oxidation sites excluding steroid dienone is 3. The quantitative estimate of drug-likeness (QED) is 0.420. The molecule has 4 heteroatoms. The van der Waals surface area contributed by atoms with Crippen molar-refractivity contribution in [1.29, 1.82) is 0 Å². The lowest BCUT2D eigenvalue weighted by molar-refractivity contribution is -0.149. The highest BCUT2D eigenvalue weighted by Gasteiger charge is 2.23. The first-order valence-corrected chi connectivity index (χ1v) is 5.38. The molecule has 0 unspecified atom stereocenters. The fourth-order valence-electron chi connectivity index (χ4n) is 1.21. The van der Waals surface area contributed by atoms with Crippen molar-refractivity contribution < 1.29 is 14.3 Å². The molecule has 0 aromatic rings. The topological polar surface area (TPSA) is 43.4 Å². The van der Waals surface area contributed by atoms with Crippen molar-refractivity contribution in [3.63, 3.8) is 0 Å². The molecule has 0 aromatic carbocycles. The zero-order valence-corrected chi connectivity index (χ0v) is 10.4. The summed E-state index contributed by atoms with van der Waals surface area (Å²) in [5.74, 6) is -0.468. The summed E-state index contributed by atoms with van der Waals surface area (Å²) in [7, 11) is 0. The highest BCUT2D eigenvalue weighted by Crippen LogP contribution is 2.18. The summed E-state index contributed by atoms with van der Waals surface area (Å²) < 4.78 is 5.20. The van der Waals surface area contributed by atoms with Crippen LogP contribution < -0.4 is 0 Å². The van der Waals surface area contributed by atoms with Gasteiger partial charge in [0, 0.05) is 16.9 Å². The Hall–Kier alpha value is -1.29. The van der Waals surface area contributed by atoms with Gasteiger partial charge in [-0.2, -0.15) is 0 Å². The van der Waals surface area contributed by atoms with Crippen LogP contribution in [0.5, 0.6) is 0 Å². The standard InChI is InChI=1S/C12H14O3S/c1-12(2,3)15-11(14)9-6-8(7-13)4-5-10(9)16/h4,6-7H,5H2,1-3H3. The zero-order chi connectivity index (χ0) is 12.3. The Morgan fingerprint density at radius 1 is 1.50 bits per heavy atom. The van der Waals surface area contributed by atoms with Gasteiger partial charge in [0.1, 0.15) is 11.9 Å². The molecule has 0 saturated carbocycles. The summed E-state index contributed by atoms with van der Waals surface area (Å²) in [5.41, 5.74) is 0.222. The normalized spacial score (nSPS) is 16.3. The minimum absolute atomic E-state index is 0.314. The van der Waals surface area contributed by atoms with E-state index in [1.54, 1.807) is 26.8 Å². The summed E-state index contributed by atoms with van der Waals surface area (Å²) in [4.78, 5) is 22.9. The van der Waals surface area contributed by atoms with Crippen molar-refractivity contribution in [1.82, 2.24) is 0 Å². The molecule has 0 aromatic heterocycles. The van der Waals surface area contributed by atoms with E-state index < -0.39 is 11.6 Å². The fourth-order valence-corrected chi connectivity index (χ4v) is 1.44. The molecule has 0 aliphatic heterocycles. The largest absolute Gasteiger partial charge is 0.456 e. The van der Waals surface area contributed by atoms with Gasteiger partial charge in [-0.25, -0.2) is 4.79 Å². The van der Waals surface area contributed by atoms with Crippen LogP contribution in [0.15, 0.2) is 23.3 Å². The second kappa shape index (κ2) is 4.70. The molecular formula is C12H14O3S. The zero-order valence-electron chi connectivity index (χ0n) is 9.57. The monoisotopic (exact) mass is 238 g/mol. The van der Waals surface area contributed by atoms with Crippen LogP contribution in [0.1, 0.15) is 27.2 Å². The molecule has 0 amide bonds. The van der Waals surface area contributed by atoms with Gasteiger partial charge in [0.15, 0.2) is 0 Å². The fraction of sp³-hybridized carbons (Fsp3) is 0.417. The molecule has 3 nitrogen and oxygen atoms in total. The average molecular weight is 238 g/mol. The Bertz CT molecular complexity index is 397. The Morgan fingerprint density at radius 2 is 2.12 bits per heavy atom. The van der Waals surface area contributed by atoms with Crippen LogP contribution in [-0.4, -0.2) is 22.7 Å². The van der Waals surface area contributed by atoms with Crippen LogP contribution in [0.3, 0.4) is 0 Å². The van der Waals surface area contributed by atoms with Gasteiger partial charge in [-0.1, -0.05) is 18.3 Å². The van der Waals surface area contributed by atoms with Crippen LogP contribution in [0.25, 0.3) is 0 Å². The lowest BCUT2D eigenvalue weighted by Crippen LogP contribution is -2.27. The smallest absolute Gasteiger partial charge is 0.339 e. The van der Waals surface area contributed by atoms with Gasteiger partial charge in [-0.15, -0.1) is 0 Å². The van der Waals surface area contributed by atoms with Crippen molar-refractivity contribution in [3.8, 4) is 0 Å². The maximum atomic E-state index is 11.8. The number of aldehydes is 1. The number of esters is 1. The Kier molecular flexibility index (Phi) is 3.75. The average Bonchev–Trinajstić information content (AvgIpc) is 2.15. The molecule has 0 bridgehead atoms. The van der Waals surface area contributed by atoms with Crippen molar-refractivity contribution in [2.45, 2.75) is 32.8 Å². The minimum atomic E-state index is -0.559. The predicted octanol–water partition coefficient (Wildman–Crippen LogP) is 2.15. The number of carbonyl (C=O) groups is 2. The van der Waals surface area contributed by atoms with E-state index in [0.29, 0.717) is 28.7 Å². The van der Waals surface area contributed by atoms with Gasteiger partial charge < -0.3 is 4.74 Å². The summed E-state index contributed by atoms with van der Waals surface area (Å²) in [6, 6.07) is 0. The van der Waals surface area contributed by atoms with Crippen LogP contribution >= 0.6 is 12.2 Å². The minimum Gasteiger partial charge on any atom is -0.456 e. The summed E-state index contributed by atoms with van der Waals surface area (Å²) in [6.45, 7) is 5.36. The first-order chi connectivity index (χ1) is 7.33. The summed E-state index contributed by atoms with van der Waals surface area (Å²) in [5, 5.41) is 0. The van der Waals surface area contributed by atoms with E-state index in [1.807, 2.05) is 0 Å². The number of ether oxygens (including phenoxy) is 1. The Labute approximate surface area is 100 Å². The highest BCUT2D eigenvalue weighted by molar-refractivity contribution is 7.81. The molecule has 0 spiro atoms. The van der Waals surface area contributed by atoms with Crippen LogP contribution in [0.2, 0.25) is 0 Å². The van der Waals surface area contributed by atoms with Crippen molar-refractivity contribution in [2.75, 3.05) is 0 Å². The second-order valence-electron chi connectivity index (χ2n) is 4.51. The highest BCUT2D eigenvalue weighted by atomic mass is 32.1. The van der Waals surface area contributed by atoms with Crippen molar-refractivity contribution in [3.05, 3.63) is 23.3 Å². The molecule has 1 rings (SSSR count). The van der Waals surface area contributed by atoms with E-state index in [2.05, 4.69) is 0 Å². The third kappa shape index (κ3) is 3.38. The molecule has 1 aliphatic rings. The van der Waals surface area contributed by atoms with E-state index in [9.17, 15) is 9.59 Å². The SMILES string of the molecule is CC(C)(C)OC(=O)C1=CC(C=O)=CCC1=S. The maximum absolute atomic E-state index is 11.8. The van der Waals surface area contributed by atoms with Crippen LogP contribution in [-0.2, 0) is 14.3 Å². The maximum Gasteiger partial charge on any atom is 0.339 e. The number of hydrogen-bond donors (Lipinski definition) is 0. The first-order valence-electron chi connectivity index (χ1n) is 4.97. The molecule has 0 fully saturated rings. The van der Waals surface area contributed by atoms with Gasteiger partial charge in [-0.05, 0) is 26.8 Å². The molecule has 0 saturated heterocycles. The molecule has 0 N–H and O–H groups in total. The van der Waals surface area contributed by atoms with Crippen LogP contribution in [0, 0.1) is 0 Å². The number of hydrogen-bond acceptors (Lipinski definition) is 4. The van der Waals surface area contributed by atoms with E-state index in [4.69, 9.17) is 17.0 Å². The predicted molar refractivity (Wildman–Crippen MR) is 65.3 cm³/mol. The molecule has 0 atom stereocenters. The van der Waals surface area contributed by atoms with Gasteiger partial charge in [0.2, 0.25) is 0 Å². The lowest BCUT2D eigenvalue weighted by atomic mass is 10.00. The molecule has 0 heterocycles. The van der Waals surface area contributed by atoms with Crippen molar-refractivity contribution in [2.24, 2.45) is 0 Å². The number of rotatable bonds is 2. The molecule has 86 valence electrons. The van der Waals surface area contributed by atoms with E-state index in [1.165, 1.54) is 6.08 Å². The molecule has 1 aliphatic carbocycles. The third-order valence-electron chi connectivity index (χ3n) is 1.89.